The molecule has 0 saturated heterocycles. The number of esters is 1. The second kappa shape index (κ2) is 6.61. The third-order valence-corrected chi connectivity index (χ3v) is 4.06. The van der Waals surface area contributed by atoms with Gasteiger partial charge in [0.05, 0.1) is 0 Å². The average molecular weight is 328 g/mol. The van der Waals surface area contributed by atoms with Crippen molar-refractivity contribution in [2.24, 2.45) is 0 Å². The number of aromatic amines is 1. The standard InChI is InChI=1S/C21H16N2O2/c24-21(20-6-1-2-10-22-20)25-14-15-4-3-5-16(12-15)17-7-8-19-18(13-17)9-11-23-19/h1-13,23H,14H2. The predicted molar refractivity (Wildman–Crippen MR) is 97.1 cm³/mol. The zero-order chi connectivity index (χ0) is 17.1. The molecule has 4 rings (SSSR count). The molecule has 0 aliphatic carbocycles. The zero-order valence-corrected chi connectivity index (χ0v) is 13.5. The first-order valence-electron chi connectivity index (χ1n) is 8.04. The van der Waals surface area contributed by atoms with E-state index in [9.17, 15) is 4.79 Å². The molecule has 4 aromatic rings. The summed E-state index contributed by atoms with van der Waals surface area (Å²) in [5.41, 5.74) is 4.59. The topological polar surface area (TPSA) is 55.0 Å². The van der Waals surface area contributed by atoms with Gasteiger partial charge in [-0.25, -0.2) is 9.78 Å². The molecule has 0 bridgehead atoms. The van der Waals surface area contributed by atoms with Crippen LogP contribution in [-0.4, -0.2) is 15.9 Å². The van der Waals surface area contributed by atoms with Crippen LogP contribution in [0.5, 0.6) is 0 Å². The Morgan fingerprint density at radius 2 is 1.88 bits per heavy atom. The fraction of sp³-hybridized carbons (Fsp3) is 0.0476. The van der Waals surface area contributed by atoms with Crippen molar-refractivity contribution in [2.75, 3.05) is 0 Å². The molecule has 2 heterocycles. The number of nitrogens with one attached hydrogen (secondary N) is 1. The van der Waals surface area contributed by atoms with Gasteiger partial charge in [-0.15, -0.1) is 0 Å². The zero-order valence-electron chi connectivity index (χ0n) is 13.5. The molecule has 122 valence electrons. The molecule has 0 atom stereocenters. The molecule has 2 aromatic carbocycles. The quantitative estimate of drug-likeness (QED) is 0.558. The number of carbonyl (C=O) groups excluding carboxylic acids is 1. The second-order valence-corrected chi connectivity index (χ2v) is 5.77. The van der Waals surface area contributed by atoms with Crippen molar-refractivity contribution in [2.45, 2.75) is 6.61 Å². The molecule has 1 N–H and O–H groups in total. The Bertz CT molecular complexity index is 1020. The van der Waals surface area contributed by atoms with E-state index in [2.05, 4.69) is 40.3 Å². The summed E-state index contributed by atoms with van der Waals surface area (Å²) in [6.45, 7) is 0.218. The summed E-state index contributed by atoms with van der Waals surface area (Å²) in [4.78, 5) is 19.2. The normalized spacial score (nSPS) is 10.7. The maximum absolute atomic E-state index is 12.0. The third kappa shape index (κ3) is 3.28. The van der Waals surface area contributed by atoms with E-state index >= 15 is 0 Å². The van der Waals surface area contributed by atoms with Crippen LogP contribution >= 0.6 is 0 Å². The van der Waals surface area contributed by atoms with Crippen LogP contribution in [0.3, 0.4) is 0 Å². The van der Waals surface area contributed by atoms with E-state index in [1.54, 1.807) is 24.4 Å². The van der Waals surface area contributed by atoms with Gasteiger partial charge in [0, 0.05) is 17.9 Å². The highest BCUT2D eigenvalue weighted by molar-refractivity contribution is 5.87. The number of H-pyrrole nitrogens is 1. The first-order chi connectivity index (χ1) is 12.3. The van der Waals surface area contributed by atoms with E-state index in [1.165, 1.54) is 5.39 Å². The first-order valence-corrected chi connectivity index (χ1v) is 8.04. The lowest BCUT2D eigenvalue weighted by molar-refractivity contribution is 0.0466. The highest BCUT2D eigenvalue weighted by Gasteiger charge is 2.08. The minimum atomic E-state index is -0.417. The summed E-state index contributed by atoms with van der Waals surface area (Å²) in [6.07, 6.45) is 3.51. The number of aromatic nitrogens is 2. The van der Waals surface area contributed by atoms with E-state index in [0.29, 0.717) is 5.69 Å². The van der Waals surface area contributed by atoms with Crippen molar-refractivity contribution in [3.05, 3.63) is 90.4 Å². The summed E-state index contributed by atoms with van der Waals surface area (Å²) in [5, 5.41) is 1.17. The van der Waals surface area contributed by atoms with Crippen molar-refractivity contribution in [3.63, 3.8) is 0 Å². The van der Waals surface area contributed by atoms with Gasteiger partial charge in [-0.1, -0.05) is 30.3 Å². The first kappa shape index (κ1) is 15.1. The summed E-state index contributed by atoms with van der Waals surface area (Å²) in [5.74, 6) is -0.417. The second-order valence-electron chi connectivity index (χ2n) is 5.77. The Kier molecular flexibility index (Phi) is 4.01. The highest BCUT2D eigenvalue weighted by Crippen LogP contribution is 2.25. The fourth-order valence-corrected chi connectivity index (χ4v) is 2.78. The van der Waals surface area contributed by atoms with Crippen molar-refractivity contribution >= 4 is 16.9 Å². The molecule has 0 fully saturated rings. The third-order valence-electron chi connectivity index (χ3n) is 4.06. The maximum Gasteiger partial charge on any atom is 0.357 e. The van der Waals surface area contributed by atoms with Gasteiger partial charge in [0.15, 0.2) is 0 Å². The van der Waals surface area contributed by atoms with Crippen LogP contribution in [0.15, 0.2) is 79.1 Å². The minimum absolute atomic E-state index is 0.218. The van der Waals surface area contributed by atoms with Gasteiger partial charge in [-0.2, -0.15) is 0 Å². The van der Waals surface area contributed by atoms with Crippen molar-refractivity contribution < 1.29 is 9.53 Å². The summed E-state index contributed by atoms with van der Waals surface area (Å²) in [6, 6.07) is 21.5. The molecule has 25 heavy (non-hydrogen) atoms. The number of hydrogen-bond acceptors (Lipinski definition) is 3. The van der Waals surface area contributed by atoms with E-state index in [0.717, 1.165) is 22.2 Å². The molecule has 0 saturated carbocycles. The number of carbonyl (C=O) groups is 1. The van der Waals surface area contributed by atoms with Crippen molar-refractivity contribution in [1.29, 1.82) is 0 Å². The summed E-state index contributed by atoms with van der Waals surface area (Å²) < 4.78 is 5.36. The van der Waals surface area contributed by atoms with E-state index < -0.39 is 5.97 Å². The number of ether oxygens (including phenoxy) is 1. The van der Waals surface area contributed by atoms with Crippen LogP contribution in [0.2, 0.25) is 0 Å². The van der Waals surface area contributed by atoms with Crippen molar-refractivity contribution in [3.8, 4) is 11.1 Å². The summed E-state index contributed by atoms with van der Waals surface area (Å²) >= 11 is 0. The van der Waals surface area contributed by atoms with Gasteiger partial charge >= 0.3 is 5.97 Å². The molecule has 2 aromatic heterocycles. The number of rotatable bonds is 4. The van der Waals surface area contributed by atoms with Gasteiger partial charge < -0.3 is 9.72 Å². The number of pyridine rings is 1. The average Bonchev–Trinajstić information content (AvgIpc) is 3.15. The van der Waals surface area contributed by atoms with E-state index in [4.69, 9.17) is 4.74 Å². The lowest BCUT2D eigenvalue weighted by Crippen LogP contribution is -2.06. The molecule has 0 unspecified atom stereocenters. The molecule has 4 heteroatoms. The van der Waals surface area contributed by atoms with Crippen LogP contribution in [-0.2, 0) is 11.3 Å². The van der Waals surface area contributed by atoms with Crippen LogP contribution in [0.4, 0.5) is 0 Å². The molecular weight excluding hydrogens is 312 g/mol. The van der Waals surface area contributed by atoms with Gasteiger partial charge in [0.1, 0.15) is 12.3 Å². The monoisotopic (exact) mass is 328 g/mol. The van der Waals surface area contributed by atoms with E-state index in [-0.39, 0.29) is 6.61 Å². The van der Waals surface area contributed by atoms with Gasteiger partial charge in [-0.05, 0) is 58.5 Å². The van der Waals surface area contributed by atoms with Crippen molar-refractivity contribution in [1.82, 2.24) is 9.97 Å². The van der Waals surface area contributed by atoms with Crippen LogP contribution in [0.25, 0.3) is 22.0 Å². The molecule has 0 spiro atoms. The van der Waals surface area contributed by atoms with Crippen LogP contribution in [0.1, 0.15) is 16.1 Å². The SMILES string of the molecule is O=C(OCc1cccc(-c2ccc3[nH]ccc3c2)c1)c1ccccn1. The smallest absolute Gasteiger partial charge is 0.357 e. The maximum atomic E-state index is 12.0. The Hall–Kier alpha value is -3.40. The molecule has 0 aliphatic heterocycles. The Labute approximate surface area is 145 Å². The van der Waals surface area contributed by atoms with Gasteiger partial charge in [0.25, 0.3) is 0 Å². The molecular formula is C21H16N2O2. The predicted octanol–water partition coefficient (Wildman–Crippen LogP) is 4.59. The summed E-state index contributed by atoms with van der Waals surface area (Å²) in [7, 11) is 0. The highest BCUT2D eigenvalue weighted by atomic mass is 16.5. The largest absolute Gasteiger partial charge is 0.456 e. The van der Waals surface area contributed by atoms with Gasteiger partial charge in [-0.3, -0.25) is 0 Å². The van der Waals surface area contributed by atoms with Crippen LogP contribution in [0, 0.1) is 0 Å². The number of nitrogens with zero attached hydrogens (tertiary/aromatic N) is 1. The molecule has 4 nitrogen and oxygen atoms in total. The minimum Gasteiger partial charge on any atom is -0.456 e. The molecule has 0 amide bonds. The molecule has 0 aliphatic rings. The van der Waals surface area contributed by atoms with E-state index in [1.807, 2.05) is 24.4 Å². The van der Waals surface area contributed by atoms with Crippen LogP contribution < -0.4 is 0 Å². The van der Waals surface area contributed by atoms with Gasteiger partial charge in [0.2, 0.25) is 0 Å². The number of fused-ring (bicyclic) bond motifs is 1. The Balaban J connectivity index is 1.52. The Morgan fingerprint density at radius 3 is 2.76 bits per heavy atom. The lowest BCUT2D eigenvalue weighted by Gasteiger charge is -2.07. The molecule has 0 radical (unpaired) electrons. The fourth-order valence-electron chi connectivity index (χ4n) is 2.78. The number of benzene rings is 2. The lowest BCUT2D eigenvalue weighted by atomic mass is 10.0. The Morgan fingerprint density at radius 1 is 0.960 bits per heavy atom. The number of hydrogen-bond donors (Lipinski definition) is 1.